The third-order valence-corrected chi connectivity index (χ3v) is 5.22. The van der Waals surface area contributed by atoms with E-state index in [1.807, 2.05) is 37.3 Å². The van der Waals surface area contributed by atoms with Gasteiger partial charge in [0, 0.05) is 20.2 Å². The molecule has 3 aromatic rings. The molecule has 0 saturated heterocycles. The second-order valence-corrected chi connectivity index (χ2v) is 7.65. The number of furan rings is 2. The molecule has 0 bridgehead atoms. The molecule has 0 radical (unpaired) electrons. The summed E-state index contributed by atoms with van der Waals surface area (Å²) in [5.74, 6) is 2.29. The van der Waals surface area contributed by atoms with Gasteiger partial charge in [0.05, 0.1) is 19.4 Å². The van der Waals surface area contributed by atoms with E-state index >= 15 is 0 Å². The van der Waals surface area contributed by atoms with Crippen LogP contribution in [-0.2, 0) is 22.6 Å². The highest BCUT2D eigenvalue weighted by molar-refractivity contribution is 5.94. The highest BCUT2D eigenvalue weighted by atomic mass is 16.7. The quantitative estimate of drug-likeness (QED) is 0.464. The minimum atomic E-state index is -0.373. The van der Waals surface area contributed by atoms with Crippen LogP contribution in [0.15, 0.2) is 57.6 Å². The average molecular weight is 454 g/mol. The summed E-state index contributed by atoms with van der Waals surface area (Å²) in [6.07, 6.45) is 1.43. The van der Waals surface area contributed by atoms with Crippen LogP contribution in [0.1, 0.15) is 27.6 Å². The van der Waals surface area contributed by atoms with Gasteiger partial charge in [-0.05, 0) is 48.9 Å². The fourth-order valence-corrected chi connectivity index (χ4v) is 3.52. The first-order valence-corrected chi connectivity index (χ1v) is 10.6. The number of benzene rings is 1. The molecular weight excluding hydrogens is 428 g/mol. The second-order valence-electron chi connectivity index (χ2n) is 7.65. The van der Waals surface area contributed by atoms with E-state index in [1.54, 1.807) is 24.1 Å². The van der Waals surface area contributed by atoms with E-state index in [9.17, 15) is 9.59 Å². The standard InChI is InChI=1S/C24H26N2O7/c1-17-5-7-19(33-17)14-26(13-18-6-8-20-22(12-18)32-16-31-20)23(27)15-25(9-11-29-2)24(28)21-4-3-10-30-21/h3-8,10,12H,9,11,13-16H2,1-2H3. The van der Waals surface area contributed by atoms with Crippen molar-refractivity contribution in [3.8, 4) is 11.5 Å². The first-order valence-electron chi connectivity index (χ1n) is 10.6. The lowest BCUT2D eigenvalue weighted by atomic mass is 10.2. The molecule has 0 aliphatic carbocycles. The molecule has 0 atom stereocenters. The maximum atomic E-state index is 13.4. The van der Waals surface area contributed by atoms with Crippen LogP contribution in [0.5, 0.6) is 11.5 Å². The average Bonchev–Trinajstić information content (AvgIpc) is 3.57. The van der Waals surface area contributed by atoms with Crippen molar-refractivity contribution in [1.29, 1.82) is 0 Å². The summed E-state index contributed by atoms with van der Waals surface area (Å²) < 4.78 is 26.9. The third-order valence-electron chi connectivity index (χ3n) is 5.22. The van der Waals surface area contributed by atoms with Gasteiger partial charge in [-0.3, -0.25) is 9.59 Å². The van der Waals surface area contributed by atoms with Gasteiger partial charge in [0.25, 0.3) is 5.91 Å². The lowest BCUT2D eigenvalue weighted by Gasteiger charge is -2.27. The van der Waals surface area contributed by atoms with Gasteiger partial charge >= 0.3 is 0 Å². The number of methoxy groups -OCH3 is 1. The Balaban J connectivity index is 1.53. The van der Waals surface area contributed by atoms with Crippen molar-refractivity contribution in [3.05, 3.63) is 71.6 Å². The molecule has 1 aliphatic rings. The highest BCUT2D eigenvalue weighted by Crippen LogP contribution is 2.33. The number of rotatable bonds is 10. The zero-order valence-corrected chi connectivity index (χ0v) is 18.6. The Morgan fingerprint density at radius 2 is 1.88 bits per heavy atom. The van der Waals surface area contributed by atoms with Crippen LogP contribution < -0.4 is 9.47 Å². The van der Waals surface area contributed by atoms with E-state index in [0.29, 0.717) is 30.4 Å². The molecule has 0 unspecified atom stereocenters. The normalized spacial score (nSPS) is 12.1. The number of amides is 2. The number of ether oxygens (including phenoxy) is 3. The Hall–Kier alpha value is -3.72. The summed E-state index contributed by atoms with van der Waals surface area (Å²) in [5.41, 5.74) is 0.872. The molecule has 0 saturated carbocycles. The fraction of sp³-hybridized carbons (Fsp3) is 0.333. The topological polar surface area (TPSA) is 94.6 Å². The predicted molar refractivity (Wildman–Crippen MR) is 117 cm³/mol. The number of carbonyl (C=O) groups is 2. The van der Waals surface area contributed by atoms with Gasteiger partial charge in [-0.2, -0.15) is 0 Å². The molecule has 33 heavy (non-hydrogen) atoms. The van der Waals surface area contributed by atoms with E-state index in [4.69, 9.17) is 23.0 Å². The number of hydrogen-bond acceptors (Lipinski definition) is 7. The number of nitrogens with zero attached hydrogens (tertiary/aromatic N) is 2. The summed E-state index contributed by atoms with van der Waals surface area (Å²) in [6.45, 7) is 3.00. The molecule has 2 aromatic heterocycles. The maximum Gasteiger partial charge on any atom is 0.290 e. The van der Waals surface area contributed by atoms with Crippen LogP contribution in [0.25, 0.3) is 0 Å². The number of aryl methyl sites for hydroxylation is 1. The lowest BCUT2D eigenvalue weighted by Crippen LogP contribution is -2.43. The number of hydrogen-bond donors (Lipinski definition) is 0. The van der Waals surface area contributed by atoms with Crippen molar-refractivity contribution in [1.82, 2.24) is 9.80 Å². The lowest BCUT2D eigenvalue weighted by molar-refractivity contribution is -0.133. The molecular formula is C24H26N2O7. The largest absolute Gasteiger partial charge is 0.464 e. The van der Waals surface area contributed by atoms with Crippen molar-refractivity contribution in [2.24, 2.45) is 0 Å². The highest BCUT2D eigenvalue weighted by Gasteiger charge is 2.25. The second kappa shape index (κ2) is 10.3. The SMILES string of the molecule is COCCN(CC(=O)N(Cc1ccc2c(c1)OCO2)Cc1ccc(C)o1)C(=O)c1ccco1. The molecule has 174 valence electrons. The van der Waals surface area contributed by atoms with Crippen LogP contribution >= 0.6 is 0 Å². The molecule has 0 spiro atoms. The van der Waals surface area contributed by atoms with Crippen molar-refractivity contribution in [2.45, 2.75) is 20.0 Å². The predicted octanol–water partition coefficient (Wildman–Crippen LogP) is 3.23. The molecule has 1 aliphatic heterocycles. The Kier molecular flexibility index (Phi) is 6.99. The van der Waals surface area contributed by atoms with Crippen LogP contribution in [0, 0.1) is 6.92 Å². The maximum absolute atomic E-state index is 13.4. The fourth-order valence-electron chi connectivity index (χ4n) is 3.52. The first-order chi connectivity index (χ1) is 16.0. The third kappa shape index (κ3) is 5.56. The van der Waals surface area contributed by atoms with Gasteiger partial charge in [0.2, 0.25) is 12.7 Å². The van der Waals surface area contributed by atoms with Gasteiger partial charge in [-0.15, -0.1) is 0 Å². The van der Waals surface area contributed by atoms with Gasteiger partial charge in [0.15, 0.2) is 17.3 Å². The van der Waals surface area contributed by atoms with Crippen LogP contribution in [0.3, 0.4) is 0 Å². The molecule has 2 amide bonds. The van der Waals surface area contributed by atoms with E-state index in [0.717, 1.165) is 11.3 Å². The van der Waals surface area contributed by atoms with Crippen molar-refractivity contribution in [2.75, 3.05) is 33.6 Å². The monoisotopic (exact) mass is 454 g/mol. The van der Waals surface area contributed by atoms with E-state index in [-0.39, 0.29) is 44.0 Å². The molecule has 1 aromatic carbocycles. The van der Waals surface area contributed by atoms with Gasteiger partial charge in [-0.1, -0.05) is 6.07 Å². The van der Waals surface area contributed by atoms with Crippen LogP contribution in [-0.4, -0.2) is 55.2 Å². The Labute approximate surface area is 191 Å². The summed E-state index contributed by atoms with van der Waals surface area (Å²) in [5, 5.41) is 0. The van der Waals surface area contributed by atoms with E-state index < -0.39 is 0 Å². The molecule has 0 fully saturated rings. The van der Waals surface area contributed by atoms with Crippen LogP contribution in [0.4, 0.5) is 0 Å². The van der Waals surface area contributed by atoms with Crippen molar-refractivity contribution < 1.29 is 32.6 Å². The van der Waals surface area contributed by atoms with E-state index in [1.165, 1.54) is 11.2 Å². The van der Waals surface area contributed by atoms with Gasteiger partial charge < -0.3 is 32.8 Å². The van der Waals surface area contributed by atoms with E-state index in [2.05, 4.69) is 0 Å². The Bertz CT molecular complexity index is 1090. The molecule has 0 N–H and O–H groups in total. The van der Waals surface area contributed by atoms with Crippen LogP contribution in [0.2, 0.25) is 0 Å². The first kappa shape index (κ1) is 22.5. The summed E-state index contributed by atoms with van der Waals surface area (Å²) in [7, 11) is 1.54. The molecule has 4 rings (SSSR count). The smallest absolute Gasteiger partial charge is 0.290 e. The number of fused-ring (bicyclic) bond motifs is 1. The minimum Gasteiger partial charge on any atom is -0.464 e. The molecule has 9 heteroatoms. The zero-order chi connectivity index (χ0) is 23.2. The van der Waals surface area contributed by atoms with Crippen molar-refractivity contribution in [3.63, 3.8) is 0 Å². The van der Waals surface area contributed by atoms with Gasteiger partial charge in [0.1, 0.15) is 18.1 Å². The Morgan fingerprint density at radius 1 is 1.03 bits per heavy atom. The summed E-state index contributed by atoms with van der Waals surface area (Å²) >= 11 is 0. The Morgan fingerprint density at radius 3 is 2.61 bits per heavy atom. The summed E-state index contributed by atoms with van der Waals surface area (Å²) in [6, 6.07) is 12.5. The summed E-state index contributed by atoms with van der Waals surface area (Å²) in [4.78, 5) is 29.3. The molecule has 3 heterocycles. The van der Waals surface area contributed by atoms with Crippen molar-refractivity contribution >= 4 is 11.8 Å². The minimum absolute atomic E-state index is 0.132. The molecule has 9 nitrogen and oxygen atoms in total. The zero-order valence-electron chi connectivity index (χ0n) is 18.6. The van der Waals surface area contributed by atoms with Gasteiger partial charge in [-0.25, -0.2) is 0 Å². The number of carbonyl (C=O) groups excluding carboxylic acids is 2.